The lowest BCUT2D eigenvalue weighted by Gasteiger charge is -2.02. The van der Waals surface area contributed by atoms with Crippen LogP contribution in [0.15, 0.2) is 6.33 Å². The number of H-pyrrole nitrogens is 1. The molecule has 1 aromatic heterocycles. The zero-order valence-corrected chi connectivity index (χ0v) is 8.57. The van der Waals surface area contributed by atoms with Crippen molar-refractivity contribution in [3.8, 4) is 0 Å². The van der Waals surface area contributed by atoms with Crippen LogP contribution in [0, 0.1) is 0 Å². The lowest BCUT2D eigenvalue weighted by atomic mass is 10.2. The van der Waals surface area contributed by atoms with Crippen LogP contribution in [0.2, 0.25) is 0 Å². The number of aliphatic hydroxyl groups excluding tert-OH is 1. The third-order valence-corrected chi connectivity index (χ3v) is 1.94. The summed E-state index contributed by atoms with van der Waals surface area (Å²) in [5.41, 5.74) is 0. The molecule has 1 heterocycles. The van der Waals surface area contributed by atoms with Crippen molar-refractivity contribution in [2.24, 2.45) is 0 Å². The van der Waals surface area contributed by atoms with Crippen molar-refractivity contribution in [3.63, 3.8) is 0 Å². The van der Waals surface area contributed by atoms with E-state index in [-0.39, 0.29) is 12.5 Å². The van der Waals surface area contributed by atoms with Gasteiger partial charge in [-0.25, -0.2) is 4.98 Å². The Morgan fingerprint density at radius 1 is 1.53 bits per heavy atom. The smallest absolute Gasteiger partial charge is 0.220 e. The molecule has 0 aliphatic heterocycles. The number of nitrogens with one attached hydrogen (secondary N) is 2. The lowest BCUT2D eigenvalue weighted by Crippen LogP contribution is -2.24. The van der Waals surface area contributed by atoms with Crippen molar-refractivity contribution >= 4 is 5.91 Å². The molecule has 0 aliphatic rings. The van der Waals surface area contributed by atoms with Gasteiger partial charge >= 0.3 is 0 Å². The van der Waals surface area contributed by atoms with Gasteiger partial charge in [0.1, 0.15) is 12.2 Å². The molecule has 0 bridgehead atoms. The van der Waals surface area contributed by atoms with Crippen molar-refractivity contribution in [3.05, 3.63) is 12.2 Å². The van der Waals surface area contributed by atoms with E-state index in [4.69, 9.17) is 5.11 Å². The highest BCUT2D eigenvalue weighted by Gasteiger charge is 2.00. The van der Waals surface area contributed by atoms with Gasteiger partial charge in [-0.2, -0.15) is 5.10 Å². The summed E-state index contributed by atoms with van der Waals surface area (Å²) in [7, 11) is 0. The number of aromatic amines is 1. The average Bonchev–Trinajstić information content (AvgIpc) is 2.74. The fourth-order valence-electron chi connectivity index (χ4n) is 1.16. The van der Waals surface area contributed by atoms with Crippen LogP contribution < -0.4 is 5.32 Å². The van der Waals surface area contributed by atoms with Gasteiger partial charge in [0, 0.05) is 26.0 Å². The van der Waals surface area contributed by atoms with Crippen LogP contribution in [0.3, 0.4) is 0 Å². The lowest BCUT2D eigenvalue weighted by molar-refractivity contribution is -0.121. The number of hydrogen-bond donors (Lipinski definition) is 3. The second-order valence-electron chi connectivity index (χ2n) is 3.21. The summed E-state index contributed by atoms with van der Waals surface area (Å²) >= 11 is 0. The molecule has 0 aliphatic carbocycles. The molecule has 1 rings (SSSR count). The van der Waals surface area contributed by atoms with Gasteiger partial charge in [0.15, 0.2) is 0 Å². The molecule has 0 spiro atoms. The first kappa shape index (κ1) is 11.6. The molecule has 0 atom stereocenters. The van der Waals surface area contributed by atoms with E-state index in [1.807, 2.05) is 0 Å². The molecule has 0 saturated heterocycles. The zero-order chi connectivity index (χ0) is 10.9. The topological polar surface area (TPSA) is 90.9 Å². The number of hydrogen-bond acceptors (Lipinski definition) is 4. The van der Waals surface area contributed by atoms with Gasteiger partial charge in [0.05, 0.1) is 0 Å². The summed E-state index contributed by atoms with van der Waals surface area (Å²) in [6, 6.07) is 0. The summed E-state index contributed by atoms with van der Waals surface area (Å²) in [5, 5.41) is 17.8. The Bertz CT molecular complexity index is 274. The minimum atomic E-state index is -0.0124. The molecule has 0 radical (unpaired) electrons. The van der Waals surface area contributed by atoms with Crippen LogP contribution in [0.1, 0.15) is 25.1 Å². The third kappa shape index (κ3) is 5.11. The quantitative estimate of drug-likeness (QED) is 0.538. The molecule has 15 heavy (non-hydrogen) atoms. The molecule has 6 heteroatoms. The summed E-state index contributed by atoms with van der Waals surface area (Å²) in [6.45, 7) is 0.691. The molecule has 3 N–H and O–H groups in total. The van der Waals surface area contributed by atoms with Crippen LogP contribution >= 0.6 is 0 Å². The van der Waals surface area contributed by atoms with E-state index in [1.54, 1.807) is 0 Å². The predicted molar refractivity (Wildman–Crippen MR) is 54.0 cm³/mol. The van der Waals surface area contributed by atoms with E-state index in [2.05, 4.69) is 20.5 Å². The molecule has 0 fully saturated rings. The van der Waals surface area contributed by atoms with Gasteiger partial charge in [-0.15, -0.1) is 0 Å². The number of carbonyl (C=O) groups is 1. The Labute approximate surface area is 88.1 Å². The highest BCUT2D eigenvalue weighted by molar-refractivity contribution is 5.75. The number of rotatable bonds is 7. The second-order valence-corrected chi connectivity index (χ2v) is 3.21. The SMILES string of the molecule is O=C(CCCO)NCCCc1ncn[nH]1. The van der Waals surface area contributed by atoms with Crippen molar-refractivity contribution in [2.45, 2.75) is 25.7 Å². The molecule has 84 valence electrons. The Balaban J connectivity index is 1.99. The van der Waals surface area contributed by atoms with Crippen molar-refractivity contribution in [1.29, 1.82) is 0 Å². The normalized spacial score (nSPS) is 10.2. The molecule has 1 amide bonds. The van der Waals surface area contributed by atoms with E-state index in [0.29, 0.717) is 19.4 Å². The highest BCUT2D eigenvalue weighted by atomic mass is 16.3. The van der Waals surface area contributed by atoms with Crippen LogP contribution in [-0.4, -0.2) is 39.3 Å². The molecule has 6 nitrogen and oxygen atoms in total. The number of aromatic nitrogens is 3. The van der Waals surface area contributed by atoms with Gasteiger partial charge in [0.2, 0.25) is 5.91 Å². The van der Waals surface area contributed by atoms with Crippen LogP contribution in [0.5, 0.6) is 0 Å². The number of carbonyl (C=O) groups excluding carboxylic acids is 1. The molecule has 0 aromatic carbocycles. The van der Waals surface area contributed by atoms with E-state index >= 15 is 0 Å². The minimum Gasteiger partial charge on any atom is -0.396 e. The summed E-state index contributed by atoms with van der Waals surface area (Å²) < 4.78 is 0. The van der Waals surface area contributed by atoms with E-state index < -0.39 is 0 Å². The Morgan fingerprint density at radius 2 is 2.40 bits per heavy atom. The number of aryl methyl sites for hydroxylation is 1. The molecule has 0 saturated carbocycles. The fourth-order valence-corrected chi connectivity index (χ4v) is 1.16. The first-order valence-corrected chi connectivity index (χ1v) is 5.04. The van der Waals surface area contributed by atoms with E-state index in [1.165, 1.54) is 6.33 Å². The molecule has 0 unspecified atom stereocenters. The standard InChI is InChI=1S/C9H16N4O2/c14-6-2-4-9(15)10-5-1-3-8-11-7-12-13-8/h7,14H,1-6H2,(H,10,15)(H,11,12,13). The minimum absolute atomic E-state index is 0.0124. The molecular weight excluding hydrogens is 196 g/mol. The maximum Gasteiger partial charge on any atom is 0.220 e. The highest BCUT2D eigenvalue weighted by Crippen LogP contribution is 1.92. The van der Waals surface area contributed by atoms with E-state index in [9.17, 15) is 4.79 Å². The number of aliphatic hydroxyl groups is 1. The van der Waals surface area contributed by atoms with E-state index in [0.717, 1.165) is 18.7 Å². The van der Waals surface area contributed by atoms with Gasteiger partial charge < -0.3 is 10.4 Å². The summed E-state index contributed by atoms with van der Waals surface area (Å²) in [4.78, 5) is 15.1. The second kappa shape index (κ2) is 6.94. The van der Waals surface area contributed by atoms with Gasteiger partial charge in [-0.05, 0) is 12.8 Å². The Morgan fingerprint density at radius 3 is 3.07 bits per heavy atom. The Kier molecular flexibility index (Phi) is 5.39. The monoisotopic (exact) mass is 212 g/mol. The van der Waals surface area contributed by atoms with Crippen molar-refractivity contribution in [1.82, 2.24) is 20.5 Å². The van der Waals surface area contributed by atoms with Crippen molar-refractivity contribution in [2.75, 3.05) is 13.2 Å². The first-order valence-electron chi connectivity index (χ1n) is 5.04. The summed E-state index contributed by atoms with van der Waals surface area (Å²) in [5.74, 6) is 0.821. The Hall–Kier alpha value is -1.43. The van der Waals surface area contributed by atoms with Crippen molar-refractivity contribution < 1.29 is 9.90 Å². The van der Waals surface area contributed by atoms with Gasteiger partial charge in [0.25, 0.3) is 0 Å². The fraction of sp³-hybridized carbons (Fsp3) is 0.667. The van der Waals surface area contributed by atoms with Crippen LogP contribution in [0.4, 0.5) is 0 Å². The average molecular weight is 212 g/mol. The van der Waals surface area contributed by atoms with Crippen LogP contribution in [0.25, 0.3) is 0 Å². The molecule has 1 aromatic rings. The van der Waals surface area contributed by atoms with Gasteiger partial charge in [-0.3, -0.25) is 9.89 Å². The predicted octanol–water partition coefficient (Wildman–Crippen LogP) is -0.374. The zero-order valence-electron chi connectivity index (χ0n) is 8.57. The largest absolute Gasteiger partial charge is 0.396 e. The van der Waals surface area contributed by atoms with Gasteiger partial charge in [-0.1, -0.05) is 0 Å². The molecular formula is C9H16N4O2. The third-order valence-electron chi connectivity index (χ3n) is 1.94. The van der Waals surface area contributed by atoms with Crippen LogP contribution in [-0.2, 0) is 11.2 Å². The summed E-state index contributed by atoms with van der Waals surface area (Å²) in [6.07, 6.45) is 3.99. The number of amides is 1. The first-order chi connectivity index (χ1) is 7.33. The maximum absolute atomic E-state index is 11.1. The number of nitrogens with zero attached hydrogens (tertiary/aromatic N) is 2. The maximum atomic E-state index is 11.1.